The predicted octanol–water partition coefficient (Wildman–Crippen LogP) is 2.69. The molecule has 0 spiro atoms. The lowest BCUT2D eigenvalue weighted by molar-refractivity contribution is -0.146. The van der Waals surface area contributed by atoms with Gasteiger partial charge in [-0.25, -0.2) is 0 Å². The number of ether oxygens (including phenoxy) is 1. The average molecular weight is 312 g/mol. The van der Waals surface area contributed by atoms with Crippen molar-refractivity contribution in [1.29, 1.82) is 0 Å². The number of carbonyl (C=O) groups is 1. The minimum absolute atomic E-state index is 0.0116. The normalized spacial score (nSPS) is 24.2. The molecule has 1 aromatic rings. The van der Waals surface area contributed by atoms with Gasteiger partial charge in [0.1, 0.15) is 0 Å². The number of nitrogens with zero attached hydrogens (tertiary/aromatic N) is 1. The van der Waals surface area contributed by atoms with E-state index in [4.69, 9.17) is 4.74 Å². The van der Waals surface area contributed by atoms with Gasteiger partial charge in [0.25, 0.3) is 0 Å². The lowest BCUT2D eigenvalue weighted by Gasteiger charge is -2.16. The molecule has 98 valence electrons. The van der Waals surface area contributed by atoms with Crippen molar-refractivity contribution in [2.75, 3.05) is 20.2 Å². The second-order valence-electron chi connectivity index (χ2n) is 4.89. The molecule has 1 aliphatic heterocycles. The van der Waals surface area contributed by atoms with E-state index in [0.717, 1.165) is 24.1 Å². The maximum absolute atomic E-state index is 11.6. The molecule has 0 N–H and O–H groups in total. The summed E-state index contributed by atoms with van der Waals surface area (Å²) in [5.41, 5.74) is 1.26. The molecule has 0 amide bonds. The van der Waals surface area contributed by atoms with Crippen LogP contribution in [0.4, 0.5) is 0 Å². The van der Waals surface area contributed by atoms with E-state index in [1.165, 1.54) is 12.7 Å². The smallest absolute Gasteiger partial charge is 0.310 e. The van der Waals surface area contributed by atoms with Crippen LogP contribution in [0.1, 0.15) is 12.5 Å². The lowest BCUT2D eigenvalue weighted by Crippen LogP contribution is -2.24. The van der Waals surface area contributed by atoms with Crippen molar-refractivity contribution in [2.24, 2.45) is 11.8 Å². The number of methoxy groups -OCH3 is 1. The number of hydrogen-bond acceptors (Lipinski definition) is 3. The van der Waals surface area contributed by atoms with Crippen LogP contribution < -0.4 is 0 Å². The number of esters is 1. The Balaban J connectivity index is 2.01. The van der Waals surface area contributed by atoms with Crippen molar-refractivity contribution in [3.8, 4) is 0 Å². The molecule has 18 heavy (non-hydrogen) atoms. The van der Waals surface area contributed by atoms with Gasteiger partial charge < -0.3 is 4.74 Å². The van der Waals surface area contributed by atoms with E-state index < -0.39 is 0 Å². The Morgan fingerprint density at radius 3 is 2.83 bits per heavy atom. The van der Waals surface area contributed by atoms with Gasteiger partial charge in [-0.2, -0.15) is 0 Å². The summed E-state index contributed by atoms with van der Waals surface area (Å²) >= 11 is 3.56. The first-order valence-electron chi connectivity index (χ1n) is 6.15. The van der Waals surface area contributed by atoms with Crippen molar-refractivity contribution < 1.29 is 9.53 Å². The maximum atomic E-state index is 11.6. The third-order valence-electron chi connectivity index (χ3n) is 3.54. The summed E-state index contributed by atoms with van der Waals surface area (Å²) in [6, 6.07) is 8.21. The van der Waals surface area contributed by atoms with Crippen LogP contribution in [0.5, 0.6) is 0 Å². The highest BCUT2D eigenvalue weighted by Crippen LogP contribution is 2.27. The third-order valence-corrected chi connectivity index (χ3v) is 4.32. The lowest BCUT2D eigenvalue weighted by atomic mass is 9.99. The number of carbonyl (C=O) groups excluding carboxylic acids is 1. The van der Waals surface area contributed by atoms with Crippen LogP contribution in [0.3, 0.4) is 0 Å². The Bertz CT molecular complexity index is 436. The van der Waals surface area contributed by atoms with Crippen molar-refractivity contribution in [3.05, 3.63) is 34.3 Å². The Hall–Kier alpha value is -0.870. The maximum Gasteiger partial charge on any atom is 0.310 e. The van der Waals surface area contributed by atoms with Crippen LogP contribution in [0, 0.1) is 11.8 Å². The summed E-state index contributed by atoms with van der Waals surface area (Å²) < 4.78 is 5.98. The van der Waals surface area contributed by atoms with Crippen LogP contribution >= 0.6 is 15.9 Å². The van der Waals surface area contributed by atoms with Gasteiger partial charge in [-0.1, -0.05) is 41.1 Å². The van der Waals surface area contributed by atoms with E-state index in [0.29, 0.717) is 5.92 Å². The van der Waals surface area contributed by atoms with Gasteiger partial charge in [0.05, 0.1) is 13.0 Å². The molecule has 1 aromatic carbocycles. The number of benzene rings is 1. The molecule has 2 rings (SSSR count). The Kier molecular flexibility index (Phi) is 4.40. The molecule has 0 aliphatic carbocycles. The first kappa shape index (κ1) is 13.6. The Labute approximate surface area is 116 Å². The zero-order chi connectivity index (χ0) is 13.1. The van der Waals surface area contributed by atoms with Crippen LogP contribution in [-0.2, 0) is 16.1 Å². The average Bonchev–Trinajstić information content (AvgIpc) is 2.72. The monoisotopic (exact) mass is 311 g/mol. The van der Waals surface area contributed by atoms with Gasteiger partial charge in [0.2, 0.25) is 0 Å². The van der Waals surface area contributed by atoms with Crippen molar-refractivity contribution in [3.63, 3.8) is 0 Å². The zero-order valence-corrected chi connectivity index (χ0v) is 12.3. The fourth-order valence-electron chi connectivity index (χ4n) is 2.52. The molecule has 0 saturated carbocycles. The molecule has 1 heterocycles. The number of likely N-dealkylation sites (tertiary alicyclic amines) is 1. The summed E-state index contributed by atoms with van der Waals surface area (Å²) in [7, 11) is 1.46. The van der Waals surface area contributed by atoms with Crippen LogP contribution in [-0.4, -0.2) is 31.1 Å². The number of rotatable bonds is 3. The predicted molar refractivity (Wildman–Crippen MR) is 74.1 cm³/mol. The summed E-state index contributed by atoms with van der Waals surface area (Å²) in [6.07, 6.45) is 0. The van der Waals surface area contributed by atoms with E-state index in [2.05, 4.69) is 33.8 Å². The van der Waals surface area contributed by atoms with Gasteiger partial charge >= 0.3 is 5.97 Å². The van der Waals surface area contributed by atoms with Crippen molar-refractivity contribution >= 4 is 21.9 Å². The minimum atomic E-state index is -0.0860. The molecule has 3 nitrogen and oxygen atoms in total. The van der Waals surface area contributed by atoms with Crippen molar-refractivity contribution in [2.45, 2.75) is 13.5 Å². The Morgan fingerprint density at radius 1 is 1.44 bits per heavy atom. The summed E-state index contributed by atoms with van der Waals surface area (Å²) in [6.45, 7) is 4.72. The highest BCUT2D eigenvalue weighted by molar-refractivity contribution is 9.10. The molecule has 0 aromatic heterocycles. The van der Waals surface area contributed by atoms with Crippen LogP contribution in [0.2, 0.25) is 0 Å². The van der Waals surface area contributed by atoms with Crippen LogP contribution in [0.15, 0.2) is 28.7 Å². The second-order valence-corrected chi connectivity index (χ2v) is 5.75. The second kappa shape index (κ2) is 5.85. The van der Waals surface area contributed by atoms with Gasteiger partial charge in [-0.3, -0.25) is 9.69 Å². The molecular weight excluding hydrogens is 294 g/mol. The van der Waals surface area contributed by atoms with E-state index in [-0.39, 0.29) is 11.9 Å². The highest BCUT2D eigenvalue weighted by atomic mass is 79.9. The molecule has 1 aliphatic rings. The first-order valence-corrected chi connectivity index (χ1v) is 6.94. The fourth-order valence-corrected chi connectivity index (χ4v) is 2.93. The largest absolute Gasteiger partial charge is 0.469 e. The number of hydrogen-bond donors (Lipinski definition) is 0. The van der Waals surface area contributed by atoms with E-state index >= 15 is 0 Å². The molecule has 0 bridgehead atoms. The van der Waals surface area contributed by atoms with E-state index in [1.807, 2.05) is 18.2 Å². The topological polar surface area (TPSA) is 29.5 Å². The molecule has 1 saturated heterocycles. The van der Waals surface area contributed by atoms with Gasteiger partial charge in [0, 0.05) is 24.1 Å². The van der Waals surface area contributed by atoms with Gasteiger partial charge in [-0.05, 0) is 17.5 Å². The van der Waals surface area contributed by atoms with Gasteiger partial charge in [0.15, 0.2) is 0 Å². The van der Waals surface area contributed by atoms with E-state index in [9.17, 15) is 4.79 Å². The van der Waals surface area contributed by atoms with Crippen LogP contribution in [0.25, 0.3) is 0 Å². The summed E-state index contributed by atoms with van der Waals surface area (Å²) in [4.78, 5) is 13.9. The SMILES string of the molecule is COC(=O)C1CN(Cc2ccccc2Br)CC1C. The third kappa shape index (κ3) is 2.93. The fraction of sp³-hybridized carbons (Fsp3) is 0.500. The van der Waals surface area contributed by atoms with E-state index in [1.54, 1.807) is 0 Å². The number of halogens is 1. The standard InChI is InChI=1S/C14H18BrNO2/c1-10-7-16(9-12(10)14(17)18-2)8-11-5-3-4-6-13(11)15/h3-6,10,12H,7-9H2,1-2H3. The quantitative estimate of drug-likeness (QED) is 0.804. The van der Waals surface area contributed by atoms with Gasteiger partial charge in [-0.15, -0.1) is 0 Å². The molecule has 1 fully saturated rings. The Morgan fingerprint density at radius 2 is 2.17 bits per heavy atom. The van der Waals surface area contributed by atoms with Crippen molar-refractivity contribution in [1.82, 2.24) is 4.90 Å². The highest BCUT2D eigenvalue weighted by Gasteiger charge is 2.35. The molecule has 2 atom stereocenters. The first-order chi connectivity index (χ1) is 8.61. The zero-order valence-electron chi connectivity index (χ0n) is 10.7. The molecule has 4 heteroatoms. The molecular formula is C14H18BrNO2. The molecule has 2 unspecified atom stereocenters. The minimum Gasteiger partial charge on any atom is -0.469 e. The summed E-state index contributed by atoms with van der Waals surface area (Å²) in [5, 5.41) is 0. The summed E-state index contributed by atoms with van der Waals surface area (Å²) in [5.74, 6) is 0.287. The molecule has 0 radical (unpaired) electrons.